The van der Waals surface area contributed by atoms with Gasteiger partial charge in [0.15, 0.2) is 0 Å². The summed E-state index contributed by atoms with van der Waals surface area (Å²) in [5.41, 5.74) is 6.21. The van der Waals surface area contributed by atoms with Crippen LogP contribution in [-0.4, -0.2) is 17.4 Å². The van der Waals surface area contributed by atoms with E-state index in [0.717, 1.165) is 10.0 Å². The van der Waals surface area contributed by atoms with E-state index in [1.165, 1.54) is 0 Å². The maximum absolute atomic E-state index is 11.8. The minimum Gasteiger partial charge on any atom is -0.393 e. The van der Waals surface area contributed by atoms with E-state index in [1.54, 1.807) is 0 Å². The lowest BCUT2D eigenvalue weighted by Gasteiger charge is -2.23. The molecule has 0 aromatic heterocycles. The highest BCUT2D eigenvalue weighted by Gasteiger charge is 2.21. The minimum atomic E-state index is -0.359. The quantitative estimate of drug-likeness (QED) is 0.816. The fourth-order valence-corrected chi connectivity index (χ4v) is 1.82. The molecule has 0 aliphatic heterocycles. The largest absolute Gasteiger partial charge is 0.393 e. The van der Waals surface area contributed by atoms with Crippen molar-refractivity contribution in [3.63, 3.8) is 0 Å². The molecule has 0 saturated carbocycles. The number of amides is 1. The first-order valence-corrected chi connectivity index (χ1v) is 6.82. The van der Waals surface area contributed by atoms with Crippen molar-refractivity contribution < 1.29 is 4.79 Å². The lowest BCUT2D eigenvalue weighted by atomic mass is 9.93. The van der Waals surface area contributed by atoms with E-state index in [1.807, 2.05) is 38.1 Å². The molecule has 0 aliphatic carbocycles. The second-order valence-corrected chi connectivity index (χ2v) is 6.19. The van der Waals surface area contributed by atoms with Crippen LogP contribution in [-0.2, 0) is 11.2 Å². The standard InChI is InChI=1S/C13H17BrN2OS/c1-13(2,12(15)18)8-16-11(17)7-9-4-3-5-10(14)6-9/h3-6H,7-8H2,1-2H3,(H2,15,18)(H,16,17). The van der Waals surface area contributed by atoms with Crippen molar-refractivity contribution in [2.75, 3.05) is 6.54 Å². The molecule has 0 heterocycles. The zero-order valence-electron chi connectivity index (χ0n) is 10.5. The van der Waals surface area contributed by atoms with Crippen LogP contribution >= 0.6 is 28.1 Å². The van der Waals surface area contributed by atoms with Crippen molar-refractivity contribution >= 4 is 39.0 Å². The maximum atomic E-state index is 11.8. The van der Waals surface area contributed by atoms with Crippen molar-refractivity contribution in [3.05, 3.63) is 34.3 Å². The fourth-order valence-electron chi connectivity index (χ4n) is 1.30. The Kier molecular flexibility index (Phi) is 5.28. The Labute approximate surface area is 121 Å². The topological polar surface area (TPSA) is 55.1 Å². The number of nitrogens with one attached hydrogen (secondary N) is 1. The van der Waals surface area contributed by atoms with Crippen molar-refractivity contribution in [3.8, 4) is 0 Å². The van der Waals surface area contributed by atoms with Crippen LogP contribution in [0.1, 0.15) is 19.4 Å². The van der Waals surface area contributed by atoms with Gasteiger partial charge in [0.1, 0.15) is 0 Å². The number of rotatable bonds is 5. The van der Waals surface area contributed by atoms with Crippen LogP contribution in [0.25, 0.3) is 0 Å². The van der Waals surface area contributed by atoms with Crippen LogP contribution in [0.4, 0.5) is 0 Å². The lowest BCUT2D eigenvalue weighted by Crippen LogP contribution is -2.41. The molecule has 98 valence electrons. The normalized spacial score (nSPS) is 11.1. The van der Waals surface area contributed by atoms with Gasteiger partial charge in [0.05, 0.1) is 11.4 Å². The smallest absolute Gasteiger partial charge is 0.224 e. The number of carbonyl (C=O) groups is 1. The average Bonchev–Trinajstić information content (AvgIpc) is 2.26. The van der Waals surface area contributed by atoms with Crippen molar-refractivity contribution in [1.29, 1.82) is 0 Å². The van der Waals surface area contributed by atoms with Crippen LogP contribution < -0.4 is 11.1 Å². The molecule has 18 heavy (non-hydrogen) atoms. The van der Waals surface area contributed by atoms with Gasteiger partial charge < -0.3 is 11.1 Å². The molecule has 0 radical (unpaired) electrons. The van der Waals surface area contributed by atoms with Gasteiger partial charge in [-0.1, -0.05) is 54.1 Å². The molecule has 0 fully saturated rings. The molecule has 0 atom stereocenters. The average molecular weight is 329 g/mol. The molecule has 1 aromatic rings. The van der Waals surface area contributed by atoms with Gasteiger partial charge in [-0.3, -0.25) is 4.79 Å². The predicted octanol–water partition coefficient (Wildman–Crippen LogP) is 2.42. The number of nitrogens with two attached hydrogens (primary N) is 1. The van der Waals surface area contributed by atoms with Gasteiger partial charge in [0.25, 0.3) is 0 Å². The lowest BCUT2D eigenvalue weighted by molar-refractivity contribution is -0.120. The van der Waals surface area contributed by atoms with E-state index < -0.39 is 0 Å². The molecule has 0 unspecified atom stereocenters. The van der Waals surface area contributed by atoms with Gasteiger partial charge >= 0.3 is 0 Å². The summed E-state index contributed by atoms with van der Waals surface area (Å²) in [5, 5.41) is 2.85. The number of thiocarbonyl (C=S) groups is 1. The second-order valence-electron chi connectivity index (χ2n) is 4.83. The minimum absolute atomic E-state index is 0.0302. The van der Waals surface area contributed by atoms with Crippen LogP contribution in [0.5, 0.6) is 0 Å². The van der Waals surface area contributed by atoms with Gasteiger partial charge in [-0.05, 0) is 17.7 Å². The van der Waals surface area contributed by atoms with Gasteiger partial charge in [-0.15, -0.1) is 0 Å². The van der Waals surface area contributed by atoms with Gasteiger partial charge in [-0.2, -0.15) is 0 Å². The Bertz CT molecular complexity index is 460. The molecule has 1 rings (SSSR count). The summed E-state index contributed by atoms with van der Waals surface area (Å²) in [6.45, 7) is 4.28. The third-order valence-corrected chi connectivity index (χ3v) is 3.69. The first-order valence-electron chi connectivity index (χ1n) is 5.62. The van der Waals surface area contributed by atoms with E-state index >= 15 is 0 Å². The van der Waals surface area contributed by atoms with E-state index in [4.69, 9.17) is 18.0 Å². The number of halogens is 1. The van der Waals surface area contributed by atoms with Gasteiger partial charge in [0.2, 0.25) is 5.91 Å². The molecular weight excluding hydrogens is 312 g/mol. The molecular formula is C13H17BrN2OS. The molecule has 0 saturated heterocycles. The van der Waals surface area contributed by atoms with Crippen LogP contribution in [0.3, 0.4) is 0 Å². The highest BCUT2D eigenvalue weighted by molar-refractivity contribution is 9.10. The Morgan fingerprint density at radius 2 is 2.17 bits per heavy atom. The van der Waals surface area contributed by atoms with Crippen molar-refractivity contribution in [2.45, 2.75) is 20.3 Å². The molecule has 3 nitrogen and oxygen atoms in total. The third-order valence-electron chi connectivity index (χ3n) is 2.65. The number of benzene rings is 1. The van der Waals surface area contributed by atoms with E-state index in [2.05, 4.69) is 21.2 Å². The molecule has 1 amide bonds. The summed E-state index contributed by atoms with van der Waals surface area (Å²) in [6, 6.07) is 7.68. The fraction of sp³-hybridized carbons (Fsp3) is 0.385. The summed E-state index contributed by atoms with van der Waals surface area (Å²) in [5.74, 6) is -0.0302. The van der Waals surface area contributed by atoms with Crippen LogP contribution in [0, 0.1) is 5.41 Å². The maximum Gasteiger partial charge on any atom is 0.224 e. The van der Waals surface area contributed by atoms with Crippen molar-refractivity contribution in [1.82, 2.24) is 5.32 Å². The summed E-state index contributed by atoms with van der Waals surface area (Å²) in [6.07, 6.45) is 0.354. The number of hydrogen-bond acceptors (Lipinski definition) is 2. The molecule has 1 aromatic carbocycles. The molecule has 5 heteroatoms. The highest BCUT2D eigenvalue weighted by Crippen LogP contribution is 2.14. The van der Waals surface area contributed by atoms with Gasteiger partial charge in [0, 0.05) is 16.4 Å². The predicted molar refractivity (Wildman–Crippen MR) is 81.4 cm³/mol. The Balaban J connectivity index is 2.50. The van der Waals surface area contributed by atoms with Crippen LogP contribution in [0.2, 0.25) is 0 Å². The molecule has 0 spiro atoms. The monoisotopic (exact) mass is 328 g/mol. The summed E-state index contributed by atoms with van der Waals surface area (Å²) in [7, 11) is 0. The zero-order valence-corrected chi connectivity index (χ0v) is 12.9. The number of carbonyl (C=O) groups excluding carboxylic acids is 1. The first kappa shape index (κ1) is 15.1. The van der Waals surface area contributed by atoms with E-state index in [0.29, 0.717) is 18.0 Å². The van der Waals surface area contributed by atoms with E-state index in [-0.39, 0.29) is 11.3 Å². The Hall–Kier alpha value is -0.940. The van der Waals surface area contributed by atoms with Crippen LogP contribution in [0.15, 0.2) is 28.7 Å². The summed E-state index contributed by atoms with van der Waals surface area (Å²) >= 11 is 8.33. The third kappa shape index (κ3) is 4.74. The summed E-state index contributed by atoms with van der Waals surface area (Å²) < 4.78 is 0.969. The molecule has 0 bridgehead atoms. The molecule has 0 aliphatic rings. The highest BCUT2D eigenvalue weighted by atomic mass is 79.9. The second kappa shape index (κ2) is 6.29. The van der Waals surface area contributed by atoms with Crippen molar-refractivity contribution in [2.24, 2.45) is 11.1 Å². The Morgan fingerprint density at radius 3 is 2.72 bits per heavy atom. The van der Waals surface area contributed by atoms with E-state index in [9.17, 15) is 4.79 Å². The zero-order chi connectivity index (χ0) is 13.8. The molecule has 3 N–H and O–H groups in total. The first-order chi connectivity index (χ1) is 8.31. The summed E-state index contributed by atoms with van der Waals surface area (Å²) in [4.78, 5) is 12.2. The number of hydrogen-bond donors (Lipinski definition) is 2. The van der Waals surface area contributed by atoms with Gasteiger partial charge in [-0.25, -0.2) is 0 Å². The SMILES string of the molecule is CC(C)(CNC(=O)Cc1cccc(Br)c1)C(N)=S. The Morgan fingerprint density at radius 1 is 1.50 bits per heavy atom.